The lowest BCUT2D eigenvalue weighted by atomic mass is 10.2. The van der Waals surface area contributed by atoms with Gasteiger partial charge in [0.2, 0.25) is 5.65 Å². The van der Waals surface area contributed by atoms with Crippen LogP contribution in [0.1, 0.15) is 11.3 Å². The molecule has 0 spiro atoms. The monoisotopic (exact) mass is 389 g/mol. The Morgan fingerprint density at radius 2 is 1.72 bits per heavy atom. The van der Waals surface area contributed by atoms with Gasteiger partial charge in [-0.05, 0) is 48.9 Å². The minimum Gasteiger partial charge on any atom is -0.497 e. The van der Waals surface area contributed by atoms with Gasteiger partial charge in [-0.25, -0.2) is 9.07 Å². The number of rotatable bonds is 4. The predicted molar refractivity (Wildman–Crippen MR) is 104 cm³/mol. The van der Waals surface area contributed by atoms with Crippen molar-refractivity contribution in [1.82, 2.24) is 34.8 Å². The molecule has 3 heterocycles. The molecular weight excluding hydrogens is 373 g/mol. The third kappa shape index (κ3) is 2.87. The quantitative estimate of drug-likeness (QED) is 0.470. The second-order valence-corrected chi connectivity index (χ2v) is 6.64. The van der Waals surface area contributed by atoms with Crippen LogP contribution in [0, 0.1) is 12.7 Å². The van der Waals surface area contributed by atoms with Crippen LogP contribution in [0.4, 0.5) is 4.39 Å². The minimum absolute atomic E-state index is 0.277. The maximum absolute atomic E-state index is 13.2. The van der Waals surface area contributed by atoms with Gasteiger partial charge in [-0.2, -0.15) is 9.61 Å². The Balaban J connectivity index is 1.66. The number of ether oxygens (including phenoxy) is 1. The lowest BCUT2D eigenvalue weighted by Gasteiger charge is -2.05. The predicted octanol–water partition coefficient (Wildman–Crippen LogP) is 3.04. The Kier molecular flexibility index (Phi) is 3.94. The zero-order valence-electron chi connectivity index (χ0n) is 15.7. The highest BCUT2D eigenvalue weighted by Gasteiger charge is 2.19. The number of halogens is 1. The number of aromatic nitrogens is 7. The first-order valence-electron chi connectivity index (χ1n) is 8.98. The minimum atomic E-state index is -0.277. The van der Waals surface area contributed by atoms with E-state index in [2.05, 4.69) is 25.6 Å². The Morgan fingerprint density at radius 1 is 0.966 bits per heavy atom. The Morgan fingerprint density at radius 3 is 2.45 bits per heavy atom. The fraction of sp³-hybridized carbons (Fsp3) is 0.150. The fourth-order valence-corrected chi connectivity index (χ4v) is 3.29. The van der Waals surface area contributed by atoms with E-state index in [1.165, 1.54) is 12.1 Å². The molecule has 9 heteroatoms. The first-order chi connectivity index (χ1) is 14.1. The fourth-order valence-electron chi connectivity index (χ4n) is 3.29. The molecule has 0 aliphatic heterocycles. The standard InChI is InChI=1S/C20H16FN7O/c1-12-17-18(27(26-22-17)11-13-3-7-15(21)8-4-13)20-24-23-19(28(20)25-12)14-5-9-16(29-2)10-6-14/h3-10H,11H2,1-2H3. The summed E-state index contributed by atoms with van der Waals surface area (Å²) in [6, 6.07) is 13.8. The van der Waals surface area contributed by atoms with Crippen molar-refractivity contribution in [1.29, 1.82) is 0 Å². The van der Waals surface area contributed by atoms with Gasteiger partial charge in [0.1, 0.15) is 22.6 Å². The maximum atomic E-state index is 13.2. The van der Waals surface area contributed by atoms with Crippen molar-refractivity contribution >= 4 is 16.7 Å². The molecule has 0 saturated heterocycles. The summed E-state index contributed by atoms with van der Waals surface area (Å²) in [5.41, 5.74) is 4.43. The van der Waals surface area contributed by atoms with Gasteiger partial charge in [0, 0.05) is 5.56 Å². The molecule has 0 amide bonds. The van der Waals surface area contributed by atoms with E-state index in [0.717, 1.165) is 22.4 Å². The summed E-state index contributed by atoms with van der Waals surface area (Å²) >= 11 is 0. The molecule has 0 atom stereocenters. The van der Waals surface area contributed by atoms with Crippen molar-refractivity contribution < 1.29 is 9.13 Å². The van der Waals surface area contributed by atoms with Crippen LogP contribution in [0.2, 0.25) is 0 Å². The molecular formula is C20H16FN7O. The number of fused-ring (bicyclic) bond motifs is 3. The van der Waals surface area contributed by atoms with Crippen molar-refractivity contribution in [3.8, 4) is 17.1 Å². The third-order valence-electron chi connectivity index (χ3n) is 4.77. The summed E-state index contributed by atoms with van der Waals surface area (Å²) in [5, 5.41) is 21.8. The van der Waals surface area contributed by atoms with Crippen molar-refractivity contribution in [2.75, 3.05) is 7.11 Å². The number of hydrogen-bond donors (Lipinski definition) is 0. The summed E-state index contributed by atoms with van der Waals surface area (Å²) in [4.78, 5) is 0. The van der Waals surface area contributed by atoms with Gasteiger partial charge in [-0.3, -0.25) is 0 Å². The number of hydrogen-bond acceptors (Lipinski definition) is 6. The highest BCUT2D eigenvalue weighted by atomic mass is 19.1. The molecule has 0 unspecified atom stereocenters. The smallest absolute Gasteiger partial charge is 0.205 e. The molecule has 29 heavy (non-hydrogen) atoms. The first kappa shape index (κ1) is 17.2. The van der Waals surface area contributed by atoms with Crippen LogP contribution in [0.25, 0.3) is 28.1 Å². The van der Waals surface area contributed by atoms with Crippen molar-refractivity contribution in [3.05, 3.63) is 65.6 Å². The van der Waals surface area contributed by atoms with Gasteiger partial charge in [0.25, 0.3) is 0 Å². The Bertz CT molecular complexity index is 1320. The molecule has 0 fully saturated rings. The molecule has 5 rings (SSSR count). The van der Waals surface area contributed by atoms with Crippen LogP contribution in [0.3, 0.4) is 0 Å². The number of methoxy groups -OCH3 is 1. The van der Waals surface area contributed by atoms with Gasteiger partial charge in [0.05, 0.1) is 19.3 Å². The summed E-state index contributed by atoms with van der Waals surface area (Å²) in [6.45, 7) is 2.30. The normalized spacial score (nSPS) is 11.4. The van der Waals surface area contributed by atoms with E-state index in [4.69, 9.17) is 4.74 Å². The van der Waals surface area contributed by atoms with Crippen molar-refractivity contribution in [3.63, 3.8) is 0 Å². The molecule has 0 radical (unpaired) electrons. The zero-order valence-corrected chi connectivity index (χ0v) is 15.7. The van der Waals surface area contributed by atoms with Gasteiger partial charge in [0.15, 0.2) is 5.82 Å². The summed E-state index contributed by atoms with van der Waals surface area (Å²) in [5.74, 6) is 1.10. The lowest BCUT2D eigenvalue weighted by molar-refractivity contribution is 0.415. The van der Waals surface area contributed by atoms with E-state index in [-0.39, 0.29) is 5.82 Å². The van der Waals surface area contributed by atoms with Crippen LogP contribution in [0.5, 0.6) is 5.75 Å². The summed E-state index contributed by atoms with van der Waals surface area (Å²) < 4.78 is 21.9. The van der Waals surface area contributed by atoms with Crippen molar-refractivity contribution in [2.24, 2.45) is 0 Å². The second-order valence-electron chi connectivity index (χ2n) is 6.64. The average molecular weight is 389 g/mol. The highest BCUT2D eigenvalue weighted by molar-refractivity contribution is 5.89. The van der Waals surface area contributed by atoms with E-state index in [1.807, 2.05) is 31.2 Å². The number of nitrogens with zero attached hydrogens (tertiary/aromatic N) is 7. The van der Waals surface area contributed by atoms with E-state index in [0.29, 0.717) is 29.2 Å². The van der Waals surface area contributed by atoms with Gasteiger partial charge >= 0.3 is 0 Å². The zero-order chi connectivity index (χ0) is 20.0. The number of aryl methyl sites for hydroxylation is 1. The molecule has 2 aromatic carbocycles. The topological polar surface area (TPSA) is 83.0 Å². The van der Waals surface area contributed by atoms with Crippen LogP contribution < -0.4 is 4.74 Å². The SMILES string of the molecule is COc1ccc(-c2nnc3c4c(nnn4Cc4ccc(F)cc4)c(C)nn23)cc1. The molecule has 0 N–H and O–H groups in total. The molecule has 0 saturated carbocycles. The third-order valence-corrected chi connectivity index (χ3v) is 4.77. The summed E-state index contributed by atoms with van der Waals surface area (Å²) in [7, 11) is 1.62. The highest BCUT2D eigenvalue weighted by Crippen LogP contribution is 2.25. The van der Waals surface area contributed by atoms with Crippen LogP contribution >= 0.6 is 0 Å². The molecule has 0 bridgehead atoms. The van der Waals surface area contributed by atoms with E-state index >= 15 is 0 Å². The van der Waals surface area contributed by atoms with E-state index < -0.39 is 0 Å². The van der Waals surface area contributed by atoms with Crippen molar-refractivity contribution in [2.45, 2.75) is 13.5 Å². The van der Waals surface area contributed by atoms with Crippen LogP contribution in [0.15, 0.2) is 48.5 Å². The lowest BCUT2D eigenvalue weighted by Crippen LogP contribution is -2.05. The van der Waals surface area contributed by atoms with Crippen LogP contribution in [-0.2, 0) is 6.54 Å². The van der Waals surface area contributed by atoms with Gasteiger partial charge < -0.3 is 4.74 Å². The van der Waals surface area contributed by atoms with Gasteiger partial charge in [-0.1, -0.05) is 17.3 Å². The maximum Gasteiger partial charge on any atom is 0.205 e. The Hall–Kier alpha value is -3.88. The van der Waals surface area contributed by atoms with Gasteiger partial charge in [-0.15, -0.1) is 15.3 Å². The Labute approximate surface area is 164 Å². The van der Waals surface area contributed by atoms with E-state index in [9.17, 15) is 4.39 Å². The van der Waals surface area contributed by atoms with Crippen LogP contribution in [-0.4, -0.2) is 41.9 Å². The largest absolute Gasteiger partial charge is 0.497 e. The summed E-state index contributed by atoms with van der Waals surface area (Å²) in [6.07, 6.45) is 0. The molecule has 8 nitrogen and oxygen atoms in total. The molecule has 3 aromatic heterocycles. The molecule has 0 aliphatic rings. The van der Waals surface area contributed by atoms with E-state index in [1.54, 1.807) is 28.4 Å². The average Bonchev–Trinajstić information content (AvgIpc) is 3.34. The molecule has 0 aliphatic carbocycles. The number of benzene rings is 2. The first-order valence-corrected chi connectivity index (χ1v) is 8.98. The molecule has 5 aromatic rings. The second kappa shape index (κ2) is 6.62. The molecule has 144 valence electrons.